The summed E-state index contributed by atoms with van der Waals surface area (Å²) in [5, 5.41) is 0.963. The van der Waals surface area contributed by atoms with Crippen LogP contribution in [-0.2, 0) is 4.74 Å². The first-order chi connectivity index (χ1) is 11.3. The van der Waals surface area contributed by atoms with Crippen LogP contribution in [0.5, 0.6) is 5.75 Å². The number of nitrogens with zero attached hydrogens (tertiary/aromatic N) is 3. The summed E-state index contributed by atoms with van der Waals surface area (Å²) in [5.41, 5.74) is 0. The summed E-state index contributed by atoms with van der Waals surface area (Å²) >= 11 is 1.62. The van der Waals surface area contributed by atoms with Gasteiger partial charge in [0.2, 0.25) is 0 Å². The Hall–Kier alpha value is -1.53. The number of thioether (sulfide) groups is 1. The van der Waals surface area contributed by atoms with Crippen molar-refractivity contribution in [2.75, 3.05) is 31.8 Å². The van der Waals surface area contributed by atoms with Gasteiger partial charge in [-0.05, 0) is 26.3 Å². The number of pyridine rings is 1. The van der Waals surface area contributed by atoms with E-state index in [1.54, 1.807) is 18.9 Å². The number of aromatic nitrogens is 1. The molecule has 2 aliphatic rings. The third-order valence-electron chi connectivity index (χ3n) is 4.16. The number of hydrogen-bond donors (Lipinski definition) is 0. The van der Waals surface area contributed by atoms with Gasteiger partial charge >= 0.3 is 0 Å². The number of anilines is 1. The average molecular weight is 333 g/mol. The Morgan fingerprint density at radius 2 is 2.43 bits per heavy atom. The maximum absolute atomic E-state index is 6.07. The number of hydrogen-bond acceptors (Lipinski definition) is 6. The van der Waals surface area contributed by atoms with Crippen LogP contribution in [0.1, 0.15) is 20.3 Å². The molecule has 3 rings (SSSR count). The summed E-state index contributed by atoms with van der Waals surface area (Å²) < 4.78 is 11.4. The van der Waals surface area contributed by atoms with Crippen LogP contribution < -0.4 is 9.64 Å². The minimum atomic E-state index is 0.408. The molecule has 0 saturated carbocycles. The lowest BCUT2D eigenvalue weighted by atomic mass is 10.1. The minimum Gasteiger partial charge on any atom is -0.486 e. The smallest absolute Gasteiger partial charge is 0.175 e. The van der Waals surface area contributed by atoms with Crippen molar-refractivity contribution < 1.29 is 9.47 Å². The second kappa shape index (κ2) is 7.36. The van der Waals surface area contributed by atoms with E-state index in [1.165, 1.54) is 0 Å². The first-order valence-electron chi connectivity index (χ1n) is 7.97. The molecule has 0 aromatic carbocycles. The molecule has 1 aromatic heterocycles. The van der Waals surface area contributed by atoms with Crippen molar-refractivity contribution in [3.05, 3.63) is 23.4 Å². The van der Waals surface area contributed by atoms with Crippen molar-refractivity contribution in [1.29, 1.82) is 0 Å². The first-order valence-corrected chi connectivity index (χ1v) is 8.78. The number of methoxy groups -OCH3 is 1. The van der Waals surface area contributed by atoms with Crippen LogP contribution in [0.15, 0.2) is 33.3 Å². The Bertz CT molecular complexity index is 618. The zero-order valence-electron chi connectivity index (χ0n) is 13.9. The molecule has 0 aliphatic carbocycles. The quantitative estimate of drug-likeness (QED) is 0.611. The van der Waals surface area contributed by atoms with E-state index in [0.717, 1.165) is 41.1 Å². The molecule has 23 heavy (non-hydrogen) atoms. The van der Waals surface area contributed by atoms with Crippen molar-refractivity contribution in [1.82, 2.24) is 4.98 Å². The van der Waals surface area contributed by atoms with Crippen molar-refractivity contribution in [3.63, 3.8) is 0 Å². The van der Waals surface area contributed by atoms with E-state index < -0.39 is 0 Å². The Labute approximate surface area is 141 Å². The molecular formula is C17H23N3O2S. The predicted octanol–water partition coefficient (Wildman–Crippen LogP) is 3.36. The number of ether oxygens (including phenoxy) is 2. The Morgan fingerprint density at radius 3 is 3.17 bits per heavy atom. The summed E-state index contributed by atoms with van der Waals surface area (Å²) in [6.45, 7) is 6.42. The fourth-order valence-corrected chi connectivity index (χ4v) is 4.08. The lowest BCUT2D eigenvalue weighted by Gasteiger charge is -2.33. The molecule has 0 amide bonds. The molecule has 0 bridgehead atoms. The van der Waals surface area contributed by atoms with Gasteiger partial charge in [-0.2, -0.15) is 0 Å². The molecule has 124 valence electrons. The van der Waals surface area contributed by atoms with Gasteiger partial charge in [-0.3, -0.25) is 4.99 Å². The zero-order chi connectivity index (χ0) is 16.2. The molecule has 2 aliphatic heterocycles. The highest BCUT2D eigenvalue weighted by molar-refractivity contribution is 8.03. The van der Waals surface area contributed by atoms with Gasteiger partial charge in [0.15, 0.2) is 11.6 Å². The highest BCUT2D eigenvalue weighted by Gasteiger charge is 2.38. The highest BCUT2D eigenvalue weighted by Crippen LogP contribution is 2.45. The summed E-state index contributed by atoms with van der Waals surface area (Å²) in [4.78, 5) is 12.4. The van der Waals surface area contributed by atoms with Gasteiger partial charge in [0, 0.05) is 32.0 Å². The average Bonchev–Trinajstić information content (AvgIpc) is 2.98. The van der Waals surface area contributed by atoms with Gasteiger partial charge in [0.1, 0.15) is 6.61 Å². The third kappa shape index (κ3) is 3.38. The Morgan fingerprint density at radius 1 is 1.57 bits per heavy atom. The minimum absolute atomic E-state index is 0.408. The molecule has 0 N–H and O–H groups in total. The van der Waals surface area contributed by atoms with Crippen molar-refractivity contribution in [3.8, 4) is 5.75 Å². The van der Waals surface area contributed by atoms with Crippen molar-refractivity contribution >= 4 is 23.8 Å². The molecule has 0 radical (unpaired) electrons. The van der Waals surface area contributed by atoms with Gasteiger partial charge in [-0.1, -0.05) is 17.8 Å². The van der Waals surface area contributed by atoms with Crippen LogP contribution >= 0.6 is 11.8 Å². The topological polar surface area (TPSA) is 47.0 Å². The summed E-state index contributed by atoms with van der Waals surface area (Å²) in [7, 11) is 1.77. The maximum Gasteiger partial charge on any atom is 0.175 e. The van der Waals surface area contributed by atoms with Crippen LogP contribution in [0.2, 0.25) is 0 Å². The number of aliphatic imine (C=N–C) groups is 1. The molecule has 0 unspecified atom stereocenters. The van der Waals surface area contributed by atoms with E-state index in [4.69, 9.17) is 9.47 Å². The third-order valence-corrected chi connectivity index (χ3v) is 5.25. The van der Waals surface area contributed by atoms with Gasteiger partial charge in [0.25, 0.3) is 0 Å². The normalized spacial score (nSPS) is 23.8. The second-order valence-electron chi connectivity index (χ2n) is 5.75. The van der Waals surface area contributed by atoms with E-state index >= 15 is 0 Å². The van der Waals surface area contributed by atoms with Gasteiger partial charge in [-0.15, -0.1) is 0 Å². The van der Waals surface area contributed by atoms with Gasteiger partial charge in [0.05, 0.1) is 22.6 Å². The Kier molecular flexibility index (Phi) is 5.23. The molecular weight excluding hydrogens is 310 g/mol. The molecule has 0 spiro atoms. The predicted molar refractivity (Wildman–Crippen MR) is 94.6 cm³/mol. The molecule has 5 nitrogen and oxygen atoms in total. The van der Waals surface area contributed by atoms with E-state index in [-0.39, 0.29) is 0 Å². The fraction of sp³-hybridized carbons (Fsp3) is 0.529. The van der Waals surface area contributed by atoms with Crippen molar-refractivity contribution in [2.24, 2.45) is 10.9 Å². The number of fused-ring (bicyclic) bond motifs is 3. The molecule has 1 fully saturated rings. The maximum atomic E-state index is 6.07. The first kappa shape index (κ1) is 16.3. The van der Waals surface area contributed by atoms with E-state index in [0.29, 0.717) is 18.6 Å². The van der Waals surface area contributed by atoms with Crippen LogP contribution in [0.4, 0.5) is 5.82 Å². The molecule has 2 atom stereocenters. The lowest BCUT2D eigenvalue weighted by Crippen LogP contribution is -2.39. The van der Waals surface area contributed by atoms with Crippen molar-refractivity contribution in [2.45, 2.75) is 31.2 Å². The Balaban J connectivity index is 1.85. The molecule has 1 aromatic rings. The fourth-order valence-electron chi connectivity index (χ4n) is 3.21. The molecule has 3 heterocycles. The van der Waals surface area contributed by atoms with Gasteiger partial charge < -0.3 is 14.4 Å². The standard InChI is InChI=1S/C17H23N3O2S/c1-4-15(18-5-2)23-14-6-7-19-17-16(14)22-11-13-8-12(10-21-3)9-20(13)17/h4-7,12-13H,8-11H2,1-3H3/b15-4+,18-5-/t12-,13-/m0/s1. The largest absolute Gasteiger partial charge is 0.486 e. The van der Waals surface area contributed by atoms with Crippen LogP contribution in [-0.4, -0.2) is 44.1 Å². The van der Waals surface area contributed by atoms with Crippen LogP contribution in [0, 0.1) is 5.92 Å². The summed E-state index contributed by atoms with van der Waals surface area (Å²) in [6.07, 6.45) is 6.78. The summed E-state index contributed by atoms with van der Waals surface area (Å²) in [5.74, 6) is 2.40. The number of rotatable bonds is 5. The SMILES string of the molecule is C/C=N\C(=C/C)Sc1ccnc2c1OC[C@@H]1C[C@H](COC)CN21. The number of allylic oxidation sites excluding steroid dienone is 1. The van der Waals surface area contributed by atoms with Crippen LogP contribution in [0.25, 0.3) is 0 Å². The zero-order valence-corrected chi connectivity index (χ0v) is 14.7. The van der Waals surface area contributed by atoms with E-state index in [1.807, 2.05) is 38.4 Å². The van der Waals surface area contributed by atoms with E-state index in [9.17, 15) is 0 Å². The highest BCUT2D eigenvalue weighted by atomic mass is 32.2. The summed E-state index contributed by atoms with van der Waals surface area (Å²) in [6, 6.07) is 2.41. The van der Waals surface area contributed by atoms with E-state index in [2.05, 4.69) is 14.9 Å². The van der Waals surface area contributed by atoms with Gasteiger partial charge in [-0.25, -0.2) is 4.98 Å². The molecule has 6 heteroatoms. The monoisotopic (exact) mass is 333 g/mol. The second-order valence-corrected chi connectivity index (χ2v) is 6.81. The molecule has 1 saturated heterocycles. The lowest BCUT2D eigenvalue weighted by molar-refractivity contribution is 0.157. The van der Waals surface area contributed by atoms with Crippen LogP contribution in [0.3, 0.4) is 0 Å².